The van der Waals surface area contributed by atoms with E-state index in [-0.39, 0.29) is 5.91 Å². The van der Waals surface area contributed by atoms with E-state index >= 15 is 0 Å². The Balaban J connectivity index is 2.57. The summed E-state index contributed by atoms with van der Waals surface area (Å²) < 4.78 is 0. The fraction of sp³-hybridized carbons (Fsp3) is 0.400. The molecule has 1 aromatic rings. The van der Waals surface area contributed by atoms with Crippen LogP contribution in [-0.4, -0.2) is 10.9 Å². The van der Waals surface area contributed by atoms with Crippen LogP contribution >= 0.6 is 0 Å². The van der Waals surface area contributed by atoms with Crippen LogP contribution in [0.15, 0.2) is 12.3 Å². The highest BCUT2D eigenvalue weighted by Gasteiger charge is 2.22. The number of nitrogens with one attached hydrogen (secondary N) is 1. The van der Waals surface area contributed by atoms with Gasteiger partial charge in [-0.3, -0.25) is 9.78 Å². The Labute approximate surface area is 77.2 Å². The van der Waals surface area contributed by atoms with Gasteiger partial charge in [0.1, 0.15) is 0 Å². The first-order chi connectivity index (χ1) is 6.20. The average Bonchev–Trinajstić information content (AvgIpc) is 2.48. The summed E-state index contributed by atoms with van der Waals surface area (Å²) >= 11 is 0. The standard InChI is InChI=1S/C10H12N2O/c1-6(2)9-8-5-12-10(13)7(8)3-4-11-9/h3-4,6H,5H2,1-2H3,(H,12,13). The molecule has 2 rings (SSSR count). The number of carbonyl (C=O) groups is 1. The van der Waals surface area contributed by atoms with Crippen LogP contribution in [0.5, 0.6) is 0 Å². The number of pyridine rings is 1. The van der Waals surface area contributed by atoms with Gasteiger partial charge >= 0.3 is 0 Å². The first-order valence-electron chi connectivity index (χ1n) is 4.46. The second-order valence-electron chi connectivity index (χ2n) is 3.56. The number of hydrogen-bond acceptors (Lipinski definition) is 2. The maximum Gasteiger partial charge on any atom is 0.252 e. The van der Waals surface area contributed by atoms with Gasteiger partial charge in [-0.1, -0.05) is 13.8 Å². The predicted molar refractivity (Wildman–Crippen MR) is 49.5 cm³/mol. The number of fused-ring (bicyclic) bond motifs is 1. The molecular weight excluding hydrogens is 164 g/mol. The molecule has 13 heavy (non-hydrogen) atoms. The van der Waals surface area contributed by atoms with Gasteiger partial charge in [-0.25, -0.2) is 0 Å². The van der Waals surface area contributed by atoms with Crippen molar-refractivity contribution in [3.63, 3.8) is 0 Å². The third kappa shape index (κ3) is 1.20. The number of amides is 1. The SMILES string of the molecule is CC(C)c1nccc2c1CNC2=O. The molecule has 68 valence electrons. The highest BCUT2D eigenvalue weighted by molar-refractivity contribution is 5.98. The molecule has 0 aromatic carbocycles. The monoisotopic (exact) mass is 176 g/mol. The second kappa shape index (κ2) is 2.83. The zero-order valence-corrected chi connectivity index (χ0v) is 7.79. The Morgan fingerprint density at radius 3 is 3.00 bits per heavy atom. The first kappa shape index (κ1) is 8.23. The van der Waals surface area contributed by atoms with Crippen molar-refractivity contribution in [3.05, 3.63) is 29.1 Å². The van der Waals surface area contributed by atoms with Crippen molar-refractivity contribution in [2.75, 3.05) is 0 Å². The lowest BCUT2D eigenvalue weighted by molar-refractivity contribution is 0.0965. The molecule has 0 spiro atoms. The second-order valence-corrected chi connectivity index (χ2v) is 3.56. The van der Waals surface area contributed by atoms with E-state index in [1.165, 1.54) is 0 Å². The summed E-state index contributed by atoms with van der Waals surface area (Å²) in [5, 5.41) is 2.80. The van der Waals surface area contributed by atoms with E-state index in [1.807, 2.05) is 0 Å². The molecule has 1 aliphatic heterocycles. The van der Waals surface area contributed by atoms with Gasteiger partial charge in [-0.2, -0.15) is 0 Å². The van der Waals surface area contributed by atoms with Gasteiger partial charge in [0.15, 0.2) is 0 Å². The number of carbonyl (C=O) groups excluding carboxylic acids is 1. The lowest BCUT2D eigenvalue weighted by atomic mass is 10.0. The molecule has 3 nitrogen and oxygen atoms in total. The Kier molecular flexibility index (Phi) is 1.79. The molecule has 0 radical (unpaired) electrons. The minimum absolute atomic E-state index is 0.0271. The Hall–Kier alpha value is -1.38. The van der Waals surface area contributed by atoms with Crippen LogP contribution < -0.4 is 5.32 Å². The normalized spacial score (nSPS) is 14.5. The van der Waals surface area contributed by atoms with E-state index < -0.39 is 0 Å². The largest absolute Gasteiger partial charge is 0.348 e. The number of rotatable bonds is 1. The van der Waals surface area contributed by atoms with Crippen molar-refractivity contribution in [1.82, 2.24) is 10.3 Å². The fourth-order valence-corrected chi connectivity index (χ4v) is 1.67. The van der Waals surface area contributed by atoms with Crippen LogP contribution in [0.25, 0.3) is 0 Å². The van der Waals surface area contributed by atoms with Crippen molar-refractivity contribution >= 4 is 5.91 Å². The molecule has 1 aromatic heterocycles. The molecule has 1 aliphatic rings. The van der Waals surface area contributed by atoms with Crippen LogP contribution in [0, 0.1) is 0 Å². The van der Waals surface area contributed by atoms with Crippen LogP contribution in [0.2, 0.25) is 0 Å². The molecule has 2 heterocycles. The summed E-state index contributed by atoms with van der Waals surface area (Å²) in [6, 6.07) is 1.78. The van der Waals surface area contributed by atoms with E-state index in [0.717, 1.165) is 16.8 Å². The van der Waals surface area contributed by atoms with Gasteiger partial charge < -0.3 is 5.32 Å². The van der Waals surface area contributed by atoms with E-state index in [2.05, 4.69) is 24.1 Å². The van der Waals surface area contributed by atoms with Gasteiger partial charge in [0, 0.05) is 29.6 Å². The van der Waals surface area contributed by atoms with Crippen molar-refractivity contribution in [2.24, 2.45) is 0 Å². The molecule has 0 saturated heterocycles. The van der Waals surface area contributed by atoms with E-state index in [0.29, 0.717) is 12.5 Å². The Morgan fingerprint density at radius 1 is 1.54 bits per heavy atom. The first-order valence-corrected chi connectivity index (χ1v) is 4.46. The zero-order valence-electron chi connectivity index (χ0n) is 7.79. The van der Waals surface area contributed by atoms with Crippen LogP contribution in [0.4, 0.5) is 0 Å². The topological polar surface area (TPSA) is 42.0 Å². The average molecular weight is 176 g/mol. The van der Waals surface area contributed by atoms with Gasteiger partial charge in [0.25, 0.3) is 5.91 Å². The van der Waals surface area contributed by atoms with Crippen LogP contribution in [0.1, 0.15) is 41.4 Å². The number of aromatic nitrogens is 1. The van der Waals surface area contributed by atoms with E-state index in [1.54, 1.807) is 12.3 Å². The highest BCUT2D eigenvalue weighted by Crippen LogP contribution is 2.23. The summed E-state index contributed by atoms with van der Waals surface area (Å²) in [6.45, 7) is 4.81. The summed E-state index contributed by atoms with van der Waals surface area (Å²) in [4.78, 5) is 15.6. The van der Waals surface area contributed by atoms with Crippen molar-refractivity contribution in [3.8, 4) is 0 Å². The fourth-order valence-electron chi connectivity index (χ4n) is 1.67. The van der Waals surface area contributed by atoms with Crippen LogP contribution in [-0.2, 0) is 6.54 Å². The summed E-state index contributed by atoms with van der Waals surface area (Å²) in [7, 11) is 0. The summed E-state index contributed by atoms with van der Waals surface area (Å²) in [5.41, 5.74) is 2.90. The molecule has 0 unspecified atom stereocenters. The molecule has 0 saturated carbocycles. The molecule has 3 heteroatoms. The van der Waals surface area contributed by atoms with E-state index in [4.69, 9.17) is 0 Å². The lowest BCUT2D eigenvalue weighted by Crippen LogP contribution is -2.12. The van der Waals surface area contributed by atoms with Gasteiger partial charge in [-0.15, -0.1) is 0 Å². The molecule has 0 bridgehead atoms. The molecule has 0 fully saturated rings. The summed E-state index contributed by atoms with van der Waals surface area (Å²) in [5.74, 6) is 0.405. The molecule has 1 N–H and O–H groups in total. The van der Waals surface area contributed by atoms with Crippen molar-refractivity contribution < 1.29 is 4.79 Å². The van der Waals surface area contributed by atoms with Gasteiger partial charge in [-0.05, 0) is 12.0 Å². The molecular formula is C10H12N2O. The third-order valence-corrected chi connectivity index (χ3v) is 2.31. The third-order valence-electron chi connectivity index (χ3n) is 2.31. The Bertz CT molecular complexity index is 358. The van der Waals surface area contributed by atoms with Gasteiger partial charge in [0.05, 0.1) is 0 Å². The number of nitrogens with zero attached hydrogens (tertiary/aromatic N) is 1. The summed E-state index contributed by atoms with van der Waals surface area (Å²) in [6.07, 6.45) is 1.71. The number of hydrogen-bond donors (Lipinski definition) is 1. The lowest BCUT2D eigenvalue weighted by Gasteiger charge is -2.07. The maximum absolute atomic E-state index is 11.3. The molecule has 1 amide bonds. The molecule has 0 atom stereocenters. The minimum atomic E-state index is 0.0271. The Morgan fingerprint density at radius 2 is 2.31 bits per heavy atom. The smallest absolute Gasteiger partial charge is 0.252 e. The van der Waals surface area contributed by atoms with Crippen LogP contribution in [0.3, 0.4) is 0 Å². The highest BCUT2D eigenvalue weighted by atomic mass is 16.1. The molecule has 0 aliphatic carbocycles. The zero-order chi connectivity index (χ0) is 9.42. The maximum atomic E-state index is 11.3. The van der Waals surface area contributed by atoms with Gasteiger partial charge in [0.2, 0.25) is 0 Å². The minimum Gasteiger partial charge on any atom is -0.348 e. The quantitative estimate of drug-likeness (QED) is 0.703. The van der Waals surface area contributed by atoms with E-state index in [9.17, 15) is 4.79 Å². The van der Waals surface area contributed by atoms with Crippen molar-refractivity contribution in [1.29, 1.82) is 0 Å². The van der Waals surface area contributed by atoms with Crippen molar-refractivity contribution in [2.45, 2.75) is 26.3 Å². The predicted octanol–water partition coefficient (Wildman–Crippen LogP) is 1.45.